The van der Waals surface area contributed by atoms with Crippen molar-refractivity contribution < 1.29 is 9.66 Å². The van der Waals surface area contributed by atoms with Crippen molar-refractivity contribution in [1.82, 2.24) is 0 Å². The van der Waals surface area contributed by atoms with Gasteiger partial charge in [0.25, 0.3) is 5.69 Å². The topological polar surface area (TPSA) is 52.4 Å². The predicted octanol–water partition coefficient (Wildman–Crippen LogP) is 4.59. The van der Waals surface area contributed by atoms with E-state index in [1.165, 1.54) is 18.2 Å². The van der Waals surface area contributed by atoms with E-state index < -0.39 is 4.92 Å². The van der Waals surface area contributed by atoms with Gasteiger partial charge in [0.1, 0.15) is 12.4 Å². The van der Waals surface area contributed by atoms with Crippen LogP contribution < -0.4 is 4.74 Å². The third-order valence-corrected chi connectivity index (χ3v) is 3.35. The minimum absolute atomic E-state index is 0.00111. The molecule has 0 heterocycles. The number of non-ortho nitro benzene ring substituents is 1. The summed E-state index contributed by atoms with van der Waals surface area (Å²) in [6.07, 6.45) is 0. The molecule has 0 bridgehead atoms. The SMILES string of the molecule is O=[N+]([O-])c1ccc(Cl)c(COc2ccc(Br)cc2)c1. The van der Waals surface area contributed by atoms with E-state index in [2.05, 4.69) is 15.9 Å². The molecule has 98 valence electrons. The Morgan fingerprint density at radius 3 is 2.53 bits per heavy atom. The smallest absolute Gasteiger partial charge is 0.269 e. The summed E-state index contributed by atoms with van der Waals surface area (Å²) in [5.74, 6) is 0.672. The molecule has 0 radical (unpaired) electrons. The Labute approximate surface area is 123 Å². The maximum atomic E-state index is 10.7. The molecule has 4 nitrogen and oxygen atoms in total. The Bertz CT molecular complexity index is 601. The lowest BCUT2D eigenvalue weighted by molar-refractivity contribution is -0.384. The standard InChI is InChI=1S/C13H9BrClNO3/c14-10-1-4-12(5-2-10)19-8-9-7-11(16(17)18)3-6-13(9)15/h1-7H,8H2. The van der Waals surface area contributed by atoms with Gasteiger partial charge in [-0.2, -0.15) is 0 Å². The number of nitro groups is 1. The Kier molecular flexibility index (Phi) is 4.39. The van der Waals surface area contributed by atoms with E-state index in [1.54, 1.807) is 12.1 Å². The summed E-state index contributed by atoms with van der Waals surface area (Å²) in [6.45, 7) is 0.183. The van der Waals surface area contributed by atoms with E-state index in [0.29, 0.717) is 16.3 Å². The summed E-state index contributed by atoms with van der Waals surface area (Å²) in [5.41, 5.74) is 0.581. The van der Waals surface area contributed by atoms with Crippen LogP contribution in [0.5, 0.6) is 5.75 Å². The zero-order chi connectivity index (χ0) is 13.8. The zero-order valence-electron chi connectivity index (χ0n) is 9.68. The van der Waals surface area contributed by atoms with Gasteiger partial charge in [0.15, 0.2) is 0 Å². The number of ether oxygens (including phenoxy) is 1. The van der Waals surface area contributed by atoms with Crippen LogP contribution in [-0.2, 0) is 6.61 Å². The summed E-state index contributed by atoms with van der Waals surface area (Å²) in [7, 11) is 0. The highest BCUT2D eigenvalue weighted by molar-refractivity contribution is 9.10. The van der Waals surface area contributed by atoms with Gasteiger partial charge in [-0.05, 0) is 30.3 Å². The van der Waals surface area contributed by atoms with Crippen LogP contribution in [0.1, 0.15) is 5.56 Å². The van der Waals surface area contributed by atoms with Crippen molar-refractivity contribution in [2.45, 2.75) is 6.61 Å². The summed E-state index contributed by atoms with van der Waals surface area (Å²) in [4.78, 5) is 10.2. The molecular formula is C13H9BrClNO3. The third-order valence-electron chi connectivity index (χ3n) is 2.45. The van der Waals surface area contributed by atoms with Gasteiger partial charge in [-0.15, -0.1) is 0 Å². The molecule has 0 unspecified atom stereocenters. The molecular weight excluding hydrogens is 334 g/mol. The van der Waals surface area contributed by atoms with Gasteiger partial charge in [-0.1, -0.05) is 27.5 Å². The molecule has 0 spiro atoms. The van der Waals surface area contributed by atoms with E-state index in [9.17, 15) is 10.1 Å². The zero-order valence-corrected chi connectivity index (χ0v) is 12.0. The molecule has 0 atom stereocenters. The van der Waals surface area contributed by atoms with Crippen molar-refractivity contribution in [3.8, 4) is 5.75 Å². The van der Waals surface area contributed by atoms with E-state index >= 15 is 0 Å². The van der Waals surface area contributed by atoms with Crippen molar-refractivity contribution in [3.05, 3.63) is 67.6 Å². The summed E-state index contributed by atoms with van der Waals surface area (Å²) in [5, 5.41) is 11.1. The minimum Gasteiger partial charge on any atom is -0.489 e. The highest BCUT2D eigenvalue weighted by atomic mass is 79.9. The largest absolute Gasteiger partial charge is 0.489 e. The fraction of sp³-hybridized carbons (Fsp3) is 0.0769. The average molecular weight is 343 g/mol. The fourth-order valence-electron chi connectivity index (χ4n) is 1.48. The summed E-state index contributed by atoms with van der Waals surface area (Å²) >= 11 is 9.31. The Morgan fingerprint density at radius 1 is 1.21 bits per heavy atom. The molecule has 0 aromatic heterocycles. The van der Waals surface area contributed by atoms with E-state index in [1.807, 2.05) is 12.1 Å². The third kappa shape index (κ3) is 3.68. The second kappa shape index (κ2) is 6.04. The molecule has 2 aromatic rings. The molecule has 6 heteroatoms. The first-order chi connectivity index (χ1) is 9.06. The first kappa shape index (κ1) is 13.8. The lowest BCUT2D eigenvalue weighted by Crippen LogP contribution is -1.98. The Balaban J connectivity index is 2.12. The van der Waals surface area contributed by atoms with Gasteiger partial charge in [-0.3, -0.25) is 10.1 Å². The van der Waals surface area contributed by atoms with Gasteiger partial charge in [0.2, 0.25) is 0 Å². The summed E-state index contributed by atoms with van der Waals surface area (Å²) < 4.78 is 6.49. The van der Waals surface area contributed by atoms with Crippen molar-refractivity contribution >= 4 is 33.2 Å². The number of nitrogens with zero attached hydrogens (tertiary/aromatic N) is 1. The van der Waals surface area contributed by atoms with Gasteiger partial charge in [-0.25, -0.2) is 0 Å². The van der Waals surface area contributed by atoms with E-state index in [0.717, 1.165) is 4.47 Å². The van der Waals surface area contributed by atoms with Crippen LogP contribution in [0.4, 0.5) is 5.69 Å². The number of halogens is 2. The lowest BCUT2D eigenvalue weighted by atomic mass is 10.2. The molecule has 0 aliphatic heterocycles. The van der Waals surface area contributed by atoms with Gasteiger partial charge < -0.3 is 4.74 Å². The predicted molar refractivity (Wildman–Crippen MR) is 76.6 cm³/mol. The van der Waals surface area contributed by atoms with Crippen LogP contribution in [0.25, 0.3) is 0 Å². The maximum absolute atomic E-state index is 10.7. The number of nitro benzene ring substituents is 1. The normalized spacial score (nSPS) is 10.2. The Morgan fingerprint density at radius 2 is 1.89 bits per heavy atom. The molecule has 0 saturated carbocycles. The number of hydrogen-bond donors (Lipinski definition) is 0. The van der Waals surface area contributed by atoms with Crippen molar-refractivity contribution in [3.63, 3.8) is 0 Å². The summed E-state index contributed by atoms with van der Waals surface area (Å²) in [6, 6.07) is 11.6. The number of benzene rings is 2. The van der Waals surface area contributed by atoms with Crippen molar-refractivity contribution in [2.75, 3.05) is 0 Å². The average Bonchev–Trinajstić information content (AvgIpc) is 2.39. The van der Waals surface area contributed by atoms with Gasteiger partial charge in [0.05, 0.1) is 4.92 Å². The van der Waals surface area contributed by atoms with E-state index in [4.69, 9.17) is 16.3 Å². The minimum atomic E-state index is -0.459. The molecule has 19 heavy (non-hydrogen) atoms. The highest BCUT2D eigenvalue weighted by Crippen LogP contribution is 2.24. The van der Waals surface area contributed by atoms with Crippen LogP contribution in [0.15, 0.2) is 46.9 Å². The monoisotopic (exact) mass is 341 g/mol. The van der Waals surface area contributed by atoms with Crippen LogP contribution in [0, 0.1) is 10.1 Å². The first-order valence-electron chi connectivity index (χ1n) is 5.37. The second-order valence-electron chi connectivity index (χ2n) is 3.78. The highest BCUT2D eigenvalue weighted by Gasteiger charge is 2.10. The molecule has 0 aliphatic carbocycles. The molecule has 0 aliphatic rings. The quantitative estimate of drug-likeness (QED) is 0.603. The molecule has 2 aromatic carbocycles. The van der Waals surface area contributed by atoms with Crippen molar-refractivity contribution in [2.24, 2.45) is 0 Å². The lowest BCUT2D eigenvalue weighted by Gasteiger charge is -2.07. The first-order valence-corrected chi connectivity index (χ1v) is 6.54. The number of rotatable bonds is 4. The number of hydrogen-bond acceptors (Lipinski definition) is 3. The van der Waals surface area contributed by atoms with E-state index in [-0.39, 0.29) is 12.3 Å². The molecule has 0 N–H and O–H groups in total. The molecule has 0 saturated heterocycles. The Hall–Kier alpha value is -1.59. The molecule has 0 fully saturated rings. The van der Waals surface area contributed by atoms with Crippen LogP contribution >= 0.6 is 27.5 Å². The molecule has 2 rings (SSSR count). The van der Waals surface area contributed by atoms with Gasteiger partial charge in [0, 0.05) is 27.2 Å². The maximum Gasteiger partial charge on any atom is 0.269 e. The molecule has 0 amide bonds. The van der Waals surface area contributed by atoms with Crippen LogP contribution in [-0.4, -0.2) is 4.92 Å². The van der Waals surface area contributed by atoms with Crippen molar-refractivity contribution in [1.29, 1.82) is 0 Å². The van der Waals surface area contributed by atoms with Gasteiger partial charge >= 0.3 is 0 Å². The van der Waals surface area contributed by atoms with Crippen LogP contribution in [0.2, 0.25) is 5.02 Å². The fourth-order valence-corrected chi connectivity index (χ4v) is 1.91. The van der Waals surface area contributed by atoms with Crippen LogP contribution in [0.3, 0.4) is 0 Å². The second-order valence-corrected chi connectivity index (χ2v) is 5.10.